The van der Waals surface area contributed by atoms with Crippen molar-refractivity contribution in [3.63, 3.8) is 0 Å². The van der Waals surface area contributed by atoms with Gasteiger partial charge in [0.05, 0.1) is 6.04 Å². The van der Waals surface area contributed by atoms with E-state index in [0.717, 1.165) is 12.1 Å². The second-order valence-corrected chi connectivity index (χ2v) is 4.04. The van der Waals surface area contributed by atoms with E-state index in [9.17, 15) is 13.6 Å². The SMILES string of the molecule is O=c1[nH]nc2n1C(c1ccc(F)c(F)c1)CC2. The van der Waals surface area contributed by atoms with Crippen LogP contribution in [0.4, 0.5) is 8.78 Å². The minimum Gasteiger partial charge on any atom is -0.271 e. The van der Waals surface area contributed by atoms with Crippen molar-refractivity contribution >= 4 is 0 Å². The van der Waals surface area contributed by atoms with E-state index in [1.54, 1.807) is 0 Å². The van der Waals surface area contributed by atoms with Crippen molar-refractivity contribution in [3.8, 4) is 0 Å². The van der Waals surface area contributed by atoms with Gasteiger partial charge in [0, 0.05) is 6.42 Å². The van der Waals surface area contributed by atoms with Gasteiger partial charge in [-0.1, -0.05) is 6.07 Å². The lowest BCUT2D eigenvalue weighted by atomic mass is 10.0. The molecule has 1 aromatic carbocycles. The van der Waals surface area contributed by atoms with Crippen molar-refractivity contribution < 1.29 is 8.78 Å². The molecule has 2 aromatic rings. The molecule has 0 saturated carbocycles. The van der Waals surface area contributed by atoms with Crippen molar-refractivity contribution in [1.29, 1.82) is 0 Å². The number of rotatable bonds is 1. The summed E-state index contributed by atoms with van der Waals surface area (Å²) < 4.78 is 27.5. The predicted molar refractivity (Wildman–Crippen MR) is 55.7 cm³/mol. The van der Waals surface area contributed by atoms with Crippen LogP contribution in [0.1, 0.15) is 23.9 Å². The average Bonchev–Trinajstić information content (AvgIpc) is 2.86. The van der Waals surface area contributed by atoms with Gasteiger partial charge < -0.3 is 0 Å². The fourth-order valence-corrected chi connectivity index (χ4v) is 2.27. The van der Waals surface area contributed by atoms with Crippen LogP contribution in [-0.4, -0.2) is 14.8 Å². The Morgan fingerprint density at radius 1 is 1.35 bits per heavy atom. The molecule has 0 spiro atoms. The molecular weight excluding hydrogens is 228 g/mol. The van der Waals surface area contributed by atoms with Crippen LogP contribution in [0, 0.1) is 11.6 Å². The Kier molecular flexibility index (Phi) is 2.10. The zero-order valence-corrected chi connectivity index (χ0v) is 8.78. The van der Waals surface area contributed by atoms with Crippen LogP contribution in [0.3, 0.4) is 0 Å². The summed E-state index contributed by atoms with van der Waals surface area (Å²) in [5.41, 5.74) is 0.276. The summed E-state index contributed by atoms with van der Waals surface area (Å²) in [7, 11) is 0. The topological polar surface area (TPSA) is 50.7 Å². The van der Waals surface area contributed by atoms with E-state index in [1.165, 1.54) is 10.6 Å². The number of hydrogen-bond acceptors (Lipinski definition) is 2. The standard InChI is InChI=1S/C11H9F2N3O/c12-7-2-1-6(5-8(7)13)9-3-4-10-14-15-11(17)16(9)10/h1-2,5,9H,3-4H2,(H,15,17). The third-order valence-electron chi connectivity index (χ3n) is 3.06. The Morgan fingerprint density at radius 2 is 2.18 bits per heavy atom. The summed E-state index contributed by atoms with van der Waals surface area (Å²) in [4.78, 5) is 11.5. The number of halogens is 2. The Hall–Kier alpha value is -1.98. The van der Waals surface area contributed by atoms with Gasteiger partial charge in [0.15, 0.2) is 11.6 Å². The van der Waals surface area contributed by atoms with E-state index >= 15 is 0 Å². The lowest BCUT2D eigenvalue weighted by Crippen LogP contribution is -2.20. The molecule has 1 aromatic heterocycles. The van der Waals surface area contributed by atoms with Crippen molar-refractivity contribution in [2.45, 2.75) is 18.9 Å². The monoisotopic (exact) mass is 237 g/mol. The summed E-state index contributed by atoms with van der Waals surface area (Å²) >= 11 is 0. The lowest BCUT2D eigenvalue weighted by Gasteiger charge is -2.11. The molecule has 1 aliphatic heterocycles. The largest absolute Gasteiger partial charge is 0.343 e. The van der Waals surface area contributed by atoms with E-state index < -0.39 is 11.6 Å². The summed E-state index contributed by atoms with van der Waals surface area (Å²) in [6.45, 7) is 0. The van der Waals surface area contributed by atoms with Crippen LogP contribution < -0.4 is 5.69 Å². The van der Waals surface area contributed by atoms with Gasteiger partial charge in [-0.05, 0) is 24.1 Å². The van der Waals surface area contributed by atoms with Crippen LogP contribution in [0.5, 0.6) is 0 Å². The molecule has 1 aliphatic rings. The number of nitrogens with one attached hydrogen (secondary N) is 1. The Balaban J connectivity index is 2.09. The summed E-state index contributed by atoms with van der Waals surface area (Å²) in [6.07, 6.45) is 1.33. The molecule has 0 saturated heterocycles. The van der Waals surface area contributed by atoms with Crippen molar-refractivity contribution in [2.24, 2.45) is 0 Å². The van der Waals surface area contributed by atoms with Gasteiger partial charge in [0.1, 0.15) is 5.82 Å². The molecular formula is C11H9F2N3O. The van der Waals surface area contributed by atoms with Crippen molar-refractivity contribution in [3.05, 3.63) is 51.7 Å². The molecule has 88 valence electrons. The summed E-state index contributed by atoms with van der Waals surface area (Å²) in [6, 6.07) is 3.45. The number of H-pyrrole nitrogens is 1. The molecule has 0 fully saturated rings. The smallest absolute Gasteiger partial charge is 0.271 e. The highest BCUT2D eigenvalue weighted by molar-refractivity contribution is 5.24. The van der Waals surface area contributed by atoms with Gasteiger partial charge in [-0.2, -0.15) is 5.10 Å². The van der Waals surface area contributed by atoms with Crippen LogP contribution in [0.2, 0.25) is 0 Å². The molecule has 1 atom stereocenters. The molecule has 0 radical (unpaired) electrons. The van der Waals surface area contributed by atoms with E-state index in [0.29, 0.717) is 24.2 Å². The molecule has 0 aliphatic carbocycles. The molecule has 17 heavy (non-hydrogen) atoms. The van der Waals surface area contributed by atoms with Gasteiger partial charge in [-0.15, -0.1) is 0 Å². The van der Waals surface area contributed by atoms with Gasteiger partial charge in [-0.25, -0.2) is 18.7 Å². The first-order valence-corrected chi connectivity index (χ1v) is 5.27. The first-order valence-electron chi connectivity index (χ1n) is 5.27. The maximum Gasteiger partial charge on any atom is 0.343 e. The predicted octanol–water partition coefficient (Wildman–Crippen LogP) is 1.39. The quantitative estimate of drug-likeness (QED) is 0.814. The maximum absolute atomic E-state index is 13.1. The van der Waals surface area contributed by atoms with E-state index in [1.807, 2.05) is 0 Å². The summed E-state index contributed by atoms with van der Waals surface area (Å²) in [5, 5.41) is 6.22. The molecule has 0 bridgehead atoms. The highest BCUT2D eigenvalue weighted by Gasteiger charge is 2.27. The maximum atomic E-state index is 13.1. The molecule has 0 amide bonds. The third kappa shape index (κ3) is 1.48. The minimum atomic E-state index is -0.896. The Morgan fingerprint density at radius 3 is 2.94 bits per heavy atom. The number of benzene rings is 1. The van der Waals surface area contributed by atoms with E-state index in [-0.39, 0.29) is 11.7 Å². The molecule has 1 unspecified atom stereocenters. The minimum absolute atomic E-state index is 0.258. The average molecular weight is 237 g/mol. The fraction of sp³-hybridized carbons (Fsp3) is 0.273. The van der Waals surface area contributed by atoms with Crippen LogP contribution in [-0.2, 0) is 6.42 Å². The number of aromatic nitrogens is 3. The van der Waals surface area contributed by atoms with E-state index in [4.69, 9.17) is 0 Å². The first-order chi connectivity index (χ1) is 8.16. The normalized spacial score (nSPS) is 18.4. The van der Waals surface area contributed by atoms with Crippen LogP contribution in [0.25, 0.3) is 0 Å². The molecule has 4 nitrogen and oxygen atoms in total. The van der Waals surface area contributed by atoms with Gasteiger partial charge in [-0.3, -0.25) is 4.57 Å². The number of hydrogen-bond donors (Lipinski definition) is 1. The number of fused-ring (bicyclic) bond motifs is 1. The van der Waals surface area contributed by atoms with Crippen LogP contribution in [0.15, 0.2) is 23.0 Å². The number of nitrogens with zero attached hydrogens (tertiary/aromatic N) is 2. The molecule has 2 heterocycles. The van der Waals surface area contributed by atoms with Gasteiger partial charge in [0.25, 0.3) is 0 Å². The highest BCUT2D eigenvalue weighted by Crippen LogP contribution is 2.29. The first kappa shape index (κ1) is 10.2. The highest BCUT2D eigenvalue weighted by atomic mass is 19.2. The molecule has 1 N–H and O–H groups in total. The Labute approximate surface area is 94.9 Å². The second kappa shape index (κ2) is 3.51. The number of aromatic amines is 1. The van der Waals surface area contributed by atoms with Crippen LogP contribution >= 0.6 is 0 Å². The third-order valence-corrected chi connectivity index (χ3v) is 3.06. The summed E-state index contributed by atoms with van der Waals surface area (Å²) in [5.74, 6) is -1.12. The van der Waals surface area contributed by atoms with Crippen molar-refractivity contribution in [1.82, 2.24) is 14.8 Å². The van der Waals surface area contributed by atoms with Crippen molar-refractivity contribution in [2.75, 3.05) is 0 Å². The zero-order chi connectivity index (χ0) is 12.0. The van der Waals surface area contributed by atoms with E-state index in [2.05, 4.69) is 10.2 Å². The fourth-order valence-electron chi connectivity index (χ4n) is 2.27. The number of aryl methyl sites for hydroxylation is 1. The Bertz CT molecular complexity index is 632. The van der Waals surface area contributed by atoms with Gasteiger partial charge >= 0.3 is 5.69 Å². The molecule has 3 rings (SSSR count). The van der Waals surface area contributed by atoms with Gasteiger partial charge in [0.2, 0.25) is 0 Å². The molecule has 6 heteroatoms. The zero-order valence-electron chi connectivity index (χ0n) is 8.78. The lowest BCUT2D eigenvalue weighted by molar-refractivity contribution is 0.501. The second-order valence-electron chi connectivity index (χ2n) is 4.04.